The molecule has 0 atom stereocenters. The Labute approximate surface area is 163 Å². The summed E-state index contributed by atoms with van der Waals surface area (Å²) < 4.78 is 37.2. The Morgan fingerprint density at radius 1 is 1.07 bits per heavy atom. The lowest BCUT2D eigenvalue weighted by molar-refractivity contribution is 0.0953. The first-order chi connectivity index (χ1) is 12.6. The minimum Gasteiger partial charge on any atom is -0.497 e. The Bertz CT molecular complexity index is 707. The SMILES string of the molecule is COc1ccc(C(=O)NCCS(=O)(=O)N(CC(C)C)CC(C)C)c(OC)c1. The van der Waals surface area contributed by atoms with Gasteiger partial charge < -0.3 is 14.8 Å². The fourth-order valence-corrected chi connectivity index (χ4v) is 4.29. The molecule has 1 amide bonds. The highest BCUT2D eigenvalue weighted by Gasteiger charge is 2.24. The van der Waals surface area contributed by atoms with Crippen LogP contribution in [0.4, 0.5) is 0 Å². The van der Waals surface area contributed by atoms with Crippen LogP contribution >= 0.6 is 0 Å². The Morgan fingerprint density at radius 2 is 1.67 bits per heavy atom. The van der Waals surface area contributed by atoms with Crippen molar-refractivity contribution in [2.75, 3.05) is 39.6 Å². The lowest BCUT2D eigenvalue weighted by Gasteiger charge is -2.25. The van der Waals surface area contributed by atoms with Crippen LogP contribution in [0.2, 0.25) is 0 Å². The van der Waals surface area contributed by atoms with Gasteiger partial charge in [-0.3, -0.25) is 4.79 Å². The molecule has 0 bridgehead atoms. The molecule has 0 fully saturated rings. The van der Waals surface area contributed by atoms with Crippen molar-refractivity contribution in [2.24, 2.45) is 11.8 Å². The standard InChI is InChI=1S/C19H32N2O5S/c1-14(2)12-21(13-15(3)4)27(23,24)10-9-20-19(22)17-8-7-16(25-5)11-18(17)26-6/h7-8,11,14-15H,9-10,12-13H2,1-6H3,(H,20,22). The van der Waals surface area contributed by atoms with Gasteiger partial charge in [0.05, 0.1) is 25.5 Å². The van der Waals surface area contributed by atoms with Gasteiger partial charge in [-0.1, -0.05) is 27.7 Å². The van der Waals surface area contributed by atoms with Crippen LogP contribution in [0.3, 0.4) is 0 Å². The van der Waals surface area contributed by atoms with E-state index in [1.807, 2.05) is 27.7 Å². The van der Waals surface area contributed by atoms with E-state index < -0.39 is 10.0 Å². The number of sulfonamides is 1. The number of benzene rings is 1. The summed E-state index contributed by atoms with van der Waals surface area (Å²) in [4.78, 5) is 12.4. The molecule has 0 aliphatic rings. The van der Waals surface area contributed by atoms with Crippen molar-refractivity contribution >= 4 is 15.9 Å². The lowest BCUT2D eigenvalue weighted by Crippen LogP contribution is -2.41. The van der Waals surface area contributed by atoms with E-state index in [1.54, 1.807) is 18.2 Å². The van der Waals surface area contributed by atoms with Crippen LogP contribution in [0, 0.1) is 11.8 Å². The van der Waals surface area contributed by atoms with Gasteiger partial charge in [-0.15, -0.1) is 0 Å². The molecular weight excluding hydrogens is 368 g/mol. The average Bonchev–Trinajstić information content (AvgIpc) is 2.59. The fourth-order valence-electron chi connectivity index (χ4n) is 2.62. The smallest absolute Gasteiger partial charge is 0.255 e. The number of rotatable bonds is 11. The van der Waals surface area contributed by atoms with Crippen LogP contribution in [-0.2, 0) is 10.0 Å². The molecule has 1 aromatic rings. The lowest BCUT2D eigenvalue weighted by atomic mass is 10.2. The van der Waals surface area contributed by atoms with Crippen molar-refractivity contribution < 1.29 is 22.7 Å². The second-order valence-electron chi connectivity index (χ2n) is 7.24. The quantitative estimate of drug-likeness (QED) is 0.616. The zero-order valence-electron chi connectivity index (χ0n) is 17.1. The Hall–Kier alpha value is -1.80. The summed E-state index contributed by atoms with van der Waals surface area (Å²) in [7, 11) is -0.458. The van der Waals surface area contributed by atoms with Gasteiger partial charge in [-0.25, -0.2) is 12.7 Å². The molecule has 0 spiro atoms. The van der Waals surface area contributed by atoms with Crippen molar-refractivity contribution in [2.45, 2.75) is 27.7 Å². The predicted molar refractivity (Wildman–Crippen MR) is 107 cm³/mol. The van der Waals surface area contributed by atoms with E-state index in [-0.39, 0.29) is 30.0 Å². The van der Waals surface area contributed by atoms with Crippen LogP contribution in [0.5, 0.6) is 11.5 Å². The van der Waals surface area contributed by atoms with Crippen molar-refractivity contribution in [3.05, 3.63) is 23.8 Å². The molecule has 1 rings (SSSR count). The molecule has 0 saturated carbocycles. The van der Waals surface area contributed by atoms with Crippen LogP contribution in [0.15, 0.2) is 18.2 Å². The summed E-state index contributed by atoms with van der Waals surface area (Å²) in [6, 6.07) is 4.85. The second-order valence-corrected chi connectivity index (χ2v) is 9.33. The molecule has 0 aliphatic carbocycles. The monoisotopic (exact) mass is 400 g/mol. The summed E-state index contributed by atoms with van der Waals surface area (Å²) in [5, 5.41) is 2.66. The second kappa shape index (κ2) is 10.5. The number of nitrogens with zero attached hydrogens (tertiary/aromatic N) is 1. The van der Waals surface area contributed by atoms with E-state index >= 15 is 0 Å². The molecule has 0 aromatic heterocycles. The van der Waals surface area contributed by atoms with Gasteiger partial charge >= 0.3 is 0 Å². The predicted octanol–water partition coefficient (Wildman–Crippen LogP) is 2.38. The van der Waals surface area contributed by atoms with Gasteiger partial charge in [0.15, 0.2) is 0 Å². The molecule has 0 heterocycles. The van der Waals surface area contributed by atoms with E-state index in [0.29, 0.717) is 30.2 Å². The average molecular weight is 401 g/mol. The summed E-state index contributed by atoms with van der Waals surface area (Å²) in [6.07, 6.45) is 0. The minimum atomic E-state index is -3.45. The van der Waals surface area contributed by atoms with Gasteiger partial charge in [0.2, 0.25) is 10.0 Å². The van der Waals surface area contributed by atoms with Crippen molar-refractivity contribution in [3.8, 4) is 11.5 Å². The first-order valence-electron chi connectivity index (χ1n) is 9.08. The van der Waals surface area contributed by atoms with Crippen molar-refractivity contribution in [1.82, 2.24) is 9.62 Å². The summed E-state index contributed by atoms with van der Waals surface area (Å²) >= 11 is 0. The molecule has 0 aliphatic heterocycles. The normalized spacial score (nSPS) is 11.9. The van der Waals surface area contributed by atoms with Gasteiger partial charge in [-0.2, -0.15) is 0 Å². The number of carbonyl (C=O) groups excluding carboxylic acids is 1. The number of carbonyl (C=O) groups is 1. The van der Waals surface area contributed by atoms with Crippen LogP contribution in [0.25, 0.3) is 0 Å². The maximum Gasteiger partial charge on any atom is 0.255 e. The molecule has 0 radical (unpaired) electrons. The van der Waals surface area contributed by atoms with Crippen LogP contribution < -0.4 is 14.8 Å². The number of hydrogen-bond acceptors (Lipinski definition) is 5. The molecule has 154 valence electrons. The maximum absolute atomic E-state index is 12.7. The van der Waals surface area contributed by atoms with Gasteiger partial charge in [0.1, 0.15) is 11.5 Å². The van der Waals surface area contributed by atoms with Gasteiger partial charge in [0.25, 0.3) is 5.91 Å². The maximum atomic E-state index is 12.7. The van der Waals surface area contributed by atoms with E-state index in [4.69, 9.17) is 9.47 Å². The third-order valence-corrected chi connectivity index (χ3v) is 5.63. The topological polar surface area (TPSA) is 84.9 Å². The number of amides is 1. The van der Waals surface area contributed by atoms with Gasteiger partial charge in [-0.05, 0) is 24.0 Å². The van der Waals surface area contributed by atoms with E-state index in [2.05, 4.69) is 5.32 Å². The largest absolute Gasteiger partial charge is 0.497 e. The third-order valence-electron chi connectivity index (χ3n) is 3.83. The Morgan fingerprint density at radius 3 is 2.15 bits per heavy atom. The zero-order valence-corrected chi connectivity index (χ0v) is 17.9. The first-order valence-corrected chi connectivity index (χ1v) is 10.7. The van der Waals surface area contributed by atoms with Gasteiger partial charge in [0, 0.05) is 25.7 Å². The highest BCUT2D eigenvalue weighted by atomic mass is 32.2. The van der Waals surface area contributed by atoms with E-state index in [9.17, 15) is 13.2 Å². The summed E-state index contributed by atoms with van der Waals surface area (Å²) in [5.41, 5.74) is 0.330. The molecular formula is C19H32N2O5S. The molecule has 1 N–H and O–H groups in total. The minimum absolute atomic E-state index is 0.0308. The van der Waals surface area contributed by atoms with E-state index in [1.165, 1.54) is 18.5 Å². The fraction of sp³-hybridized carbons (Fsp3) is 0.632. The molecule has 0 saturated heterocycles. The number of ether oxygens (including phenoxy) is 2. The molecule has 0 unspecified atom stereocenters. The molecule has 7 nitrogen and oxygen atoms in total. The van der Waals surface area contributed by atoms with Crippen LogP contribution in [0.1, 0.15) is 38.1 Å². The summed E-state index contributed by atoms with van der Waals surface area (Å²) in [6.45, 7) is 8.92. The first kappa shape index (κ1) is 23.2. The van der Waals surface area contributed by atoms with Crippen molar-refractivity contribution in [1.29, 1.82) is 0 Å². The number of hydrogen-bond donors (Lipinski definition) is 1. The molecule has 27 heavy (non-hydrogen) atoms. The Kier molecular flexibility index (Phi) is 9.05. The molecule has 1 aromatic carbocycles. The summed E-state index contributed by atoms with van der Waals surface area (Å²) in [5.74, 6) is 0.883. The molecule has 8 heteroatoms. The highest BCUT2D eigenvalue weighted by molar-refractivity contribution is 7.89. The zero-order chi connectivity index (χ0) is 20.6. The van der Waals surface area contributed by atoms with Crippen LogP contribution in [-0.4, -0.2) is 58.2 Å². The van der Waals surface area contributed by atoms with E-state index in [0.717, 1.165) is 0 Å². The Balaban J connectivity index is 2.76. The number of nitrogens with one attached hydrogen (secondary N) is 1. The van der Waals surface area contributed by atoms with Crippen molar-refractivity contribution in [3.63, 3.8) is 0 Å². The third kappa shape index (κ3) is 7.38. The number of methoxy groups -OCH3 is 2. The highest BCUT2D eigenvalue weighted by Crippen LogP contribution is 2.24.